The Morgan fingerprint density at radius 2 is 1.96 bits per heavy atom. The molecule has 3 aromatic rings. The van der Waals surface area contributed by atoms with Gasteiger partial charge in [0, 0.05) is 11.8 Å². The first kappa shape index (κ1) is 17.0. The molecule has 1 amide bonds. The van der Waals surface area contributed by atoms with Crippen molar-refractivity contribution in [3.05, 3.63) is 44.9 Å². The normalized spacial score (nSPS) is 12.2. The molecule has 10 heteroatoms. The number of nitrogens with one attached hydrogen (secondary N) is 1. The van der Waals surface area contributed by atoms with Gasteiger partial charge in [0.1, 0.15) is 11.0 Å². The molecule has 0 saturated heterocycles. The number of rotatable bonds is 4. The summed E-state index contributed by atoms with van der Waals surface area (Å²) in [6.07, 6.45) is 0. The number of hydrogen-bond donors (Lipinski definition) is 1. The Bertz CT molecular complexity index is 988. The first-order valence-corrected chi connectivity index (χ1v) is 8.41. The smallest absolute Gasteiger partial charge is 0.267 e. The van der Waals surface area contributed by atoms with Gasteiger partial charge in [-0.25, -0.2) is 9.36 Å². The highest BCUT2D eigenvalue weighted by molar-refractivity contribution is 7.15. The number of aromatic nitrogens is 6. The summed E-state index contributed by atoms with van der Waals surface area (Å²) in [5.74, 6) is 0.0767. The highest BCUT2D eigenvalue weighted by Gasteiger charge is 2.20. The van der Waals surface area contributed by atoms with Crippen LogP contribution in [0.1, 0.15) is 29.4 Å². The SMILES string of the molecule is Cc1cc(C)n(-c2ccc(=O)n(C(C)C(=O)Nc3nnc(C)s3)n2)n1. The molecule has 0 radical (unpaired) electrons. The summed E-state index contributed by atoms with van der Waals surface area (Å²) in [6.45, 7) is 7.16. The molecule has 130 valence electrons. The third kappa shape index (κ3) is 3.48. The van der Waals surface area contributed by atoms with E-state index in [1.54, 1.807) is 24.6 Å². The molecule has 0 aromatic carbocycles. The quantitative estimate of drug-likeness (QED) is 0.754. The number of nitrogens with zero attached hydrogens (tertiary/aromatic N) is 6. The van der Waals surface area contributed by atoms with Gasteiger partial charge < -0.3 is 0 Å². The molecule has 0 fully saturated rings. The summed E-state index contributed by atoms with van der Waals surface area (Å²) in [6, 6.07) is 4.05. The monoisotopic (exact) mass is 359 g/mol. The van der Waals surface area contributed by atoms with Crippen molar-refractivity contribution in [2.75, 3.05) is 5.32 Å². The molecule has 0 saturated carbocycles. The van der Waals surface area contributed by atoms with Gasteiger partial charge in [0.25, 0.3) is 11.5 Å². The molecule has 0 aliphatic heterocycles. The first-order chi connectivity index (χ1) is 11.8. The molecular weight excluding hydrogens is 342 g/mol. The van der Waals surface area contributed by atoms with Gasteiger partial charge in [-0.3, -0.25) is 14.9 Å². The van der Waals surface area contributed by atoms with E-state index in [0.29, 0.717) is 10.9 Å². The Labute approximate surface area is 147 Å². The minimum atomic E-state index is -0.811. The summed E-state index contributed by atoms with van der Waals surface area (Å²) in [5, 5.41) is 20.1. The molecule has 1 N–H and O–H groups in total. The van der Waals surface area contributed by atoms with Gasteiger partial charge in [0.15, 0.2) is 5.82 Å². The van der Waals surface area contributed by atoms with Crippen LogP contribution in [-0.2, 0) is 4.79 Å². The second kappa shape index (κ2) is 6.55. The van der Waals surface area contributed by atoms with Crippen LogP contribution in [0, 0.1) is 20.8 Å². The maximum atomic E-state index is 12.4. The Kier molecular flexibility index (Phi) is 4.45. The van der Waals surface area contributed by atoms with Crippen LogP contribution in [0.4, 0.5) is 5.13 Å². The summed E-state index contributed by atoms with van der Waals surface area (Å²) in [5.41, 5.74) is 1.35. The standard InChI is InChI=1S/C15H17N7O2S/c1-8-7-9(2)21(19-8)12-5-6-13(23)22(20-12)10(3)14(24)16-15-18-17-11(4)25-15/h5-7,10H,1-4H3,(H,16,18,24). The fourth-order valence-corrected chi connectivity index (χ4v) is 2.93. The second-order valence-corrected chi connectivity index (χ2v) is 6.79. The van der Waals surface area contributed by atoms with Crippen LogP contribution >= 0.6 is 11.3 Å². The van der Waals surface area contributed by atoms with Gasteiger partial charge in [-0.2, -0.15) is 5.10 Å². The van der Waals surface area contributed by atoms with Crippen molar-refractivity contribution >= 4 is 22.4 Å². The average Bonchev–Trinajstić information content (AvgIpc) is 3.12. The minimum Gasteiger partial charge on any atom is -0.299 e. The Morgan fingerprint density at radius 3 is 2.56 bits per heavy atom. The van der Waals surface area contributed by atoms with E-state index in [4.69, 9.17) is 0 Å². The largest absolute Gasteiger partial charge is 0.299 e. The molecule has 1 atom stereocenters. The Hall–Kier alpha value is -2.88. The summed E-state index contributed by atoms with van der Waals surface area (Å²) in [4.78, 5) is 24.6. The van der Waals surface area contributed by atoms with Gasteiger partial charge in [-0.15, -0.1) is 15.3 Å². The van der Waals surface area contributed by atoms with Gasteiger partial charge in [0.05, 0.1) is 5.69 Å². The van der Waals surface area contributed by atoms with Gasteiger partial charge in [0.2, 0.25) is 5.13 Å². The maximum Gasteiger partial charge on any atom is 0.267 e. The third-order valence-corrected chi connectivity index (χ3v) is 4.29. The minimum absolute atomic E-state index is 0.374. The van der Waals surface area contributed by atoms with Crippen molar-refractivity contribution in [1.29, 1.82) is 0 Å². The van der Waals surface area contributed by atoms with E-state index in [2.05, 4.69) is 25.7 Å². The molecule has 1 unspecified atom stereocenters. The number of amides is 1. The van der Waals surface area contributed by atoms with Crippen molar-refractivity contribution in [2.45, 2.75) is 33.7 Å². The Balaban J connectivity index is 1.90. The molecule has 9 nitrogen and oxygen atoms in total. The van der Waals surface area contributed by atoms with Crippen LogP contribution in [-0.4, -0.2) is 35.7 Å². The van der Waals surface area contributed by atoms with E-state index in [1.807, 2.05) is 19.9 Å². The molecular formula is C15H17N7O2S. The first-order valence-electron chi connectivity index (χ1n) is 7.59. The maximum absolute atomic E-state index is 12.4. The van der Waals surface area contributed by atoms with E-state index in [9.17, 15) is 9.59 Å². The van der Waals surface area contributed by atoms with Gasteiger partial charge in [-0.05, 0) is 39.8 Å². The van der Waals surface area contributed by atoms with E-state index >= 15 is 0 Å². The van der Waals surface area contributed by atoms with Crippen molar-refractivity contribution < 1.29 is 4.79 Å². The van der Waals surface area contributed by atoms with Crippen LogP contribution in [0.15, 0.2) is 23.0 Å². The Morgan fingerprint density at radius 1 is 1.20 bits per heavy atom. The van der Waals surface area contributed by atoms with Crippen LogP contribution in [0.3, 0.4) is 0 Å². The molecule has 3 rings (SSSR count). The van der Waals surface area contributed by atoms with Crippen molar-refractivity contribution in [1.82, 2.24) is 29.8 Å². The highest BCUT2D eigenvalue weighted by Crippen LogP contribution is 2.16. The summed E-state index contributed by atoms with van der Waals surface area (Å²) in [7, 11) is 0. The molecule has 3 aromatic heterocycles. The number of aryl methyl sites for hydroxylation is 3. The number of carbonyl (C=O) groups is 1. The van der Waals surface area contributed by atoms with Crippen LogP contribution in [0.2, 0.25) is 0 Å². The fraction of sp³-hybridized carbons (Fsp3) is 0.333. The molecule has 0 aliphatic rings. The third-order valence-electron chi connectivity index (χ3n) is 3.54. The lowest BCUT2D eigenvalue weighted by Crippen LogP contribution is -2.33. The molecule has 0 bridgehead atoms. The molecule has 3 heterocycles. The van der Waals surface area contributed by atoms with E-state index < -0.39 is 11.9 Å². The number of hydrogen-bond acceptors (Lipinski definition) is 7. The van der Waals surface area contributed by atoms with Crippen molar-refractivity contribution in [3.8, 4) is 5.82 Å². The van der Waals surface area contributed by atoms with E-state index in [0.717, 1.165) is 21.1 Å². The zero-order chi connectivity index (χ0) is 18.1. The van der Waals surface area contributed by atoms with Crippen molar-refractivity contribution in [3.63, 3.8) is 0 Å². The molecule has 25 heavy (non-hydrogen) atoms. The lowest BCUT2D eigenvalue weighted by Gasteiger charge is -2.14. The van der Waals surface area contributed by atoms with Gasteiger partial charge >= 0.3 is 0 Å². The predicted octanol–water partition coefficient (Wildman–Crippen LogP) is 1.41. The number of anilines is 1. The molecule has 0 aliphatic carbocycles. The zero-order valence-corrected chi connectivity index (χ0v) is 15.0. The van der Waals surface area contributed by atoms with E-state index in [1.165, 1.54) is 17.4 Å². The summed E-state index contributed by atoms with van der Waals surface area (Å²) < 4.78 is 2.76. The average molecular weight is 359 g/mol. The second-order valence-electron chi connectivity index (χ2n) is 5.60. The predicted molar refractivity (Wildman–Crippen MR) is 93.1 cm³/mol. The number of carbonyl (C=O) groups excluding carboxylic acids is 1. The molecule has 0 spiro atoms. The lowest BCUT2D eigenvalue weighted by molar-refractivity contribution is -0.119. The topological polar surface area (TPSA) is 108 Å². The van der Waals surface area contributed by atoms with Crippen LogP contribution in [0.25, 0.3) is 5.82 Å². The summed E-state index contributed by atoms with van der Waals surface area (Å²) >= 11 is 1.26. The van der Waals surface area contributed by atoms with Crippen LogP contribution in [0.5, 0.6) is 0 Å². The zero-order valence-electron chi connectivity index (χ0n) is 14.2. The van der Waals surface area contributed by atoms with Crippen LogP contribution < -0.4 is 10.9 Å². The lowest BCUT2D eigenvalue weighted by atomic mass is 10.3. The fourth-order valence-electron chi connectivity index (χ4n) is 2.33. The highest BCUT2D eigenvalue weighted by atomic mass is 32.1. The van der Waals surface area contributed by atoms with E-state index in [-0.39, 0.29) is 5.56 Å². The van der Waals surface area contributed by atoms with Gasteiger partial charge in [-0.1, -0.05) is 11.3 Å². The van der Waals surface area contributed by atoms with Crippen molar-refractivity contribution in [2.24, 2.45) is 0 Å².